The van der Waals surface area contributed by atoms with E-state index in [0.717, 1.165) is 6.07 Å². The van der Waals surface area contributed by atoms with Crippen LogP contribution in [0, 0.1) is 0 Å². The van der Waals surface area contributed by atoms with Crippen LogP contribution < -0.4 is 9.47 Å². The van der Waals surface area contributed by atoms with Crippen LogP contribution in [0.15, 0.2) is 24.3 Å². The van der Waals surface area contributed by atoms with E-state index in [4.69, 9.17) is 0 Å². The average Bonchev–Trinajstić information content (AvgIpc) is 2.14. The minimum absolute atomic E-state index is 0.230. The molecule has 0 unspecified atom stereocenters. The number of rotatable bonds is 5. The van der Waals surface area contributed by atoms with Crippen molar-refractivity contribution in [1.29, 1.82) is 0 Å². The highest BCUT2D eigenvalue weighted by Gasteiger charge is 2.10. The summed E-state index contributed by atoms with van der Waals surface area (Å²) in [4.78, 5) is 0. The van der Waals surface area contributed by atoms with Gasteiger partial charge in [-0.1, -0.05) is 12.2 Å². The van der Waals surface area contributed by atoms with E-state index in [1.54, 1.807) is 19.1 Å². The molecule has 0 spiro atoms. The lowest BCUT2D eigenvalue weighted by atomic mass is 10.2. The van der Waals surface area contributed by atoms with Gasteiger partial charge >= 0.3 is 13.2 Å². The van der Waals surface area contributed by atoms with Crippen LogP contribution in [-0.2, 0) is 0 Å². The van der Waals surface area contributed by atoms with Gasteiger partial charge in [0.05, 0.1) is 0 Å². The zero-order valence-corrected chi connectivity index (χ0v) is 8.87. The number of allylic oxidation sites excluding steroid dienone is 1. The molecule has 1 aromatic carbocycles. The Morgan fingerprint density at radius 3 is 1.76 bits per heavy atom. The standard InChI is InChI=1S/C11H10F4O2/c1-2-3-7-4-8(16-10(12)13)6-9(5-7)17-11(14)15/h2-6,10-11H,1H3. The van der Waals surface area contributed by atoms with Gasteiger partial charge in [0.1, 0.15) is 11.5 Å². The van der Waals surface area contributed by atoms with Crippen LogP contribution in [0.3, 0.4) is 0 Å². The topological polar surface area (TPSA) is 18.5 Å². The molecule has 0 bridgehead atoms. The Bertz CT molecular complexity index is 363. The van der Waals surface area contributed by atoms with Gasteiger partial charge in [0.15, 0.2) is 0 Å². The molecule has 0 fully saturated rings. The van der Waals surface area contributed by atoms with Crippen molar-refractivity contribution in [2.75, 3.05) is 0 Å². The van der Waals surface area contributed by atoms with E-state index in [1.807, 2.05) is 0 Å². The van der Waals surface area contributed by atoms with Crippen LogP contribution in [-0.4, -0.2) is 13.2 Å². The summed E-state index contributed by atoms with van der Waals surface area (Å²) in [5.74, 6) is -0.461. The average molecular weight is 250 g/mol. The van der Waals surface area contributed by atoms with Crippen LogP contribution in [0.25, 0.3) is 6.08 Å². The lowest BCUT2D eigenvalue weighted by molar-refractivity contribution is -0.0542. The van der Waals surface area contributed by atoms with Crippen molar-refractivity contribution in [3.8, 4) is 11.5 Å². The molecule has 0 aliphatic heterocycles. The zero-order chi connectivity index (χ0) is 12.8. The quantitative estimate of drug-likeness (QED) is 0.737. The summed E-state index contributed by atoms with van der Waals surface area (Å²) in [6, 6.07) is 3.57. The zero-order valence-electron chi connectivity index (χ0n) is 8.87. The lowest BCUT2D eigenvalue weighted by Crippen LogP contribution is -2.05. The van der Waals surface area contributed by atoms with Gasteiger partial charge in [0.2, 0.25) is 0 Å². The Balaban J connectivity index is 3.00. The Kier molecular flexibility index (Phi) is 4.81. The van der Waals surface area contributed by atoms with E-state index >= 15 is 0 Å². The molecule has 0 aliphatic rings. The number of alkyl halides is 4. The summed E-state index contributed by atoms with van der Waals surface area (Å²) < 4.78 is 56.3. The smallest absolute Gasteiger partial charge is 0.387 e. The maximum Gasteiger partial charge on any atom is 0.387 e. The minimum Gasteiger partial charge on any atom is -0.435 e. The number of hydrogen-bond donors (Lipinski definition) is 0. The predicted octanol–water partition coefficient (Wildman–Crippen LogP) is 3.92. The third-order valence-corrected chi connectivity index (χ3v) is 1.71. The van der Waals surface area contributed by atoms with Gasteiger partial charge in [0, 0.05) is 6.07 Å². The van der Waals surface area contributed by atoms with Gasteiger partial charge in [-0.2, -0.15) is 17.6 Å². The largest absolute Gasteiger partial charge is 0.435 e. The van der Waals surface area contributed by atoms with Crippen molar-refractivity contribution in [3.63, 3.8) is 0 Å². The van der Waals surface area contributed by atoms with E-state index in [-0.39, 0.29) is 11.5 Å². The van der Waals surface area contributed by atoms with Crippen LogP contribution in [0.2, 0.25) is 0 Å². The van der Waals surface area contributed by atoms with E-state index in [2.05, 4.69) is 9.47 Å². The maximum atomic E-state index is 12.0. The molecule has 0 saturated carbocycles. The summed E-state index contributed by atoms with van der Waals surface area (Å²) in [6.45, 7) is -4.33. The van der Waals surface area contributed by atoms with Gasteiger partial charge < -0.3 is 9.47 Å². The second kappa shape index (κ2) is 6.12. The summed E-state index contributed by atoms with van der Waals surface area (Å²) in [5.41, 5.74) is 0.432. The predicted molar refractivity (Wildman–Crippen MR) is 54.4 cm³/mol. The fraction of sp³-hybridized carbons (Fsp3) is 0.273. The summed E-state index contributed by atoms with van der Waals surface area (Å²) >= 11 is 0. The molecule has 0 atom stereocenters. The molecule has 1 aromatic rings. The van der Waals surface area contributed by atoms with Crippen LogP contribution in [0.5, 0.6) is 11.5 Å². The molecule has 0 N–H and O–H groups in total. The highest BCUT2D eigenvalue weighted by Crippen LogP contribution is 2.26. The van der Waals surface area contributed by atoms with Crippen molar-refractivity contribution < 1.29 is 27.0 Å². The highest BCUT2D eigenvalue weighted by molar-refractivity contribution is 5.55. The maximum absolute atomic E-state index is 12.0. The molecule has 0 aliphatic carbocycles. The molecule has 1 rings (SSSR count). The first-order valence-corrected chi connectivity index (χ1v) is 4.68. The normalized spacial score (nSPS) is 11.5. The SMILES string of the molecule is CC=Cc1cc(OC(F)F)cc(OC(F)F)c1. The molecule has 2 nitrogen and oxygen atoms in total. The van der Waals surface area contributed by atoms with Crippen molar-refractivity contribution in [2.45, 2.75) is 20.1 Å². The minimum atomic E-state index is -3.02. The monoisotopic (exact) mass is 250 g/mol. The first kappa shape index (κ1) is 13.3. The second-order valence-corrected chi connectivity index (χ2v) is 2.99. The van der Waals surface area contributed by atoms with Crippen molar-refractivity contribution >= 4 is 6.08 Å². The van der Waals surface area contributed by atoms with Gasteiger partial charge in [-0.25, -0.2) is 0 Å². The van der Waals surface area contributed by atoms with Gasteiger partial charge in [-0.05, 0) is 24.6 Å². The molecule has 17 heavy (non-hydrogen) atoms. The Morgan fingerprint density at radius 1 is 0.941 bits per heavy atom. The Morgan fingerprint density at radius 2 is 1.41 bits per heavy atom. The fourth-order valence-corrected chi connectivity index (χ4v) is 1.22. The second-order valence-electron chi connectivity index (χ2n) is 2.99. The number of hydrogen-bond acceptors (Lipinski definition) is 2. The molecular weight excluding hydrogens is 240 g/mol. The van der Waals surface area contributed by atoms with Gasteiger partial charge in [-0.15, -0.1) is 0 Å². The summed E-state index contributed by atoms with van der Waals surface area (Å²) in [5, 5.41) is 0. The molecule has 0 radical (unpaired) electrons. The van der Waals surface area contributed by atoms with E-state index in [0.29, 0.717) is 5.56 Å². The first-order valence-electron chi connectivity index (χ1n) is 4.68. The third kappa shape index (κ3) is 4.76. The summed E-state index contributed by atoms with van der Waals surface area (Å²) in [7, 11) is 0. The number of benzene rings is 1. The van der Waals surface area contributed by atoms with Crippen LogP contribution >= 0.6 is 0 Å². The lowest BCUT2D eigenvalue weighted by Gasteiger charge is -2.09. The molecule has 6 heteroatoms. The molecule has 0 heterocycles. The van der Waals surface area contributed by atoms with Crippen LogP contribution in [0.4, 0.5) is 17.6 Å². The molecule has 0 saturated heterocycles. The van der Waals surface area contributed by atoms with Crippen molar-refractivity contribution in [3.05, 3.63) is 29.8 Å². The third-order valence-electron chi connectivity index (χ3n) is 1.71. The molecule has 94 valence electrons. The Labute approximate surface area is 95.5 Å². The number of halogens is 4. The van der Waals surface area contributed by atoms with E-state index in [9.17, 15) is 17.6 Å². The molecule has 0 aromatic heterocycles. The highest BCUT2D eigenvalue weighted by atomic mass is 19.3. The Hall–Kier alpha value is -1.72. The van der Waals surface area contributed by atoms with Crippen molar-refractivity contribution in [2.24, 2.45) is 0 Å². The van der Waals surface area contributed by atoms with E-state index in [1.165, 1.54) is 12.1 Å². The molecule has 0 amide bonds. The van der Waals surface area contributed by atoms with Crippen LogP contribution in [0.1, 0.15) is 12.5 Å². The van der Waals surface area contributed by atoms with Gasteiger partial charge in [0.25, 0.3) is 0 Å². The fourth-order valence-electron chi connectivity index (χ4n) is 1.22. The number of ether oxygens (including phenoxy) is 2. The van der Waals surface area contributed by atoms with Gasteiger partial charge in [-0.3, -0.25) is 0 Å². The van der Waals surface area contributed by atoms with Crippen molar-refractivity contribution in [1.82, 2.24) is 0 Å². The van der Waals surface area contributed by atoms with E-state index < -0.39 is 13.2 Å². The first-order chi connectivity index (χ1) is 8.01. The molecular formula is C11H10F4O2. The summed E-state index contributed by atoms with van der Waals surface area (Å²) in [6.07, 6.45) is 3.18.